The van der Waals surface area contributed by atoms with E-state index in [1.165, 1.54) is 25.3 Å². The van der Waals surface area contributed by atoms with Crippen molar-refractivity contribution in [3.8, 4) is 5.75 Å². The molecule has 1 N–H and O–H groups in total. The molecule has 4 nitrogen and oxygen atoms in total. The fraction of sp³-hybridized carbons (Fsp3) is 0.412. The number of carbonyl (C=O) groups is 2. The zero-order valence-corrected chi connectivity index (χ0v) is 12.4. The lowest BCUT2D eigenvalue weighted by atomic mass is 9.97. The minimum absolute atomic E-state index is 0.205. The fourth-order valence-corrected chi connectivity index (χ4v) is 2.46. The zero-order chi connectivity index (χ0) is 15.1. The number of para-hydroxylation sites is 1. The van der Waals surface area contributed by atoms with Gasteiger partial charge in [-0.3, -0.25) is 9.59 Å². The Kier molecular flexibility index (Phi) is 5.55. The second-order valence-electron chi connectivity index (χ2n) is 5.20. The van der Waals surface area contributed by atoms with Crippen LogP contribution in [-0.2, 0) is 4.79 Å². The molecule has 1 aromatic carbocycles. The molecule has 0 aromatic heterocycles. The molecule has 0 bridgehead atoms. The van der Waals surface area contributed by atoms with Gasteiger partial charge in [0.2, 0.25) is 0 Å². The summed E-state index contributed by atoms with van der Waals surface area (Å²) >= 11 is 0. The maximum atomic E-state index is 12.2. The number of nitrogens with one attached hydrogen (secondary N) is 1. The van der Waals surface area contributed by atoms with Crippen molar-refractivity contribution in [2.24, 2.45) is 0 Å². The second kappa shape index (κ2) is 7.62. The van der Waals surface area contributed by atoms with Crippen LogP contribution in [0.5, 0.6) is 5.75 Å². The minimum atomic E-state index is -0.428. The third-order valence-electron chi connectivity index (χ3n) is 3.50. The molecule has 1 aliphatic rings. The summed E-state index contributed by atoms with van der Waals surface area (Å²) in [6.07, 6.45) is 7.98. The van der Waals surface area contributed by atoms with Crippen LogP contribution < -0.4 is 10.1 Å². The van der Waals surface area contributed by atoms with Crippen LogP contribution >= 0.6 is 0 Å². The van der Waals surface area contributed by atoms with Gasteiger partial charge in [-0.05, 0) is 44.2 Å². The first-order valence-electron chi connectivity index (χ1n) is 7.40. The number of benzene rings is 1. The van der Waals surface area contributed by atoms with Crippen LogP contribution in [0.2, 0.25) is 0 Å². The van der Waals surface area contributed by atoms with Gasteiger partial charge in [0.1, 0.15) is 5.75 Å². The highest BCUT2D eigenvalue weighted by Gasteiger charge is 2.13. The first kappa shape index (κ1) is 15.3. The summed E-state index contributed by atoms with van der Waals surface area (Å²) in [4.78, 5) is 23.2. The van der Waals surface area contributed by atoms with Gasteiger partial charge in [-0.1, -0.05) is 23.8 Å². The smallest absolute Gasteiger partial charge is 0.308 e. The highest BCUT2D eigenvalue weighted by Crippen LogP contribution is 2.20. The average molecular weight is 287 g/mol. The normalized spacial score (nSPS) is 14.2. The van der Waals surface area contributed by atoms with Gasteiger partial charge < -0.3 is 10.1 Å². The van der Waals surface area contributed by atoms with Gasteiger partial charge in [0.15, 0.2) is 0 Å². The van der Waals surface area contributed by atoms with Gasteiger partial charge in [-0.2, -0.15) is 0 Å². The van der Waals surface area contributed by atoms with Crippen LogP contribution in [0, 0.1) is 0 Å². The summed E-state index contributed by atoms with van der Waals surface area (Å²) in [5.74, 6) is -0.328. The van der Waals surface area contributed by atoms with Crippen LogP contribution in [0.25, 0.3) is 0 Å². The van der Waals surface area contributed by atoms with Crippen molar-refractivity contribution in [3.63, 3.8) is 0 Å². The Hall–Kier alpha value is -2.10. The highest BCUT2D eigenvalue weighted by molar-refractivity contribution is 5.97. The zero-order valence-electron chi connectivity index (χ0n) is 12.4. The second-order valence-corrected chi connectivity index (χ2v) is 5.20. The molecule has 1 aliphatic carbocycles. The Bertz CT molecular complexity index is 549. The lowest BCUT2D eigenvalue weighted by Gasteiger charge is -2.13. The van der Waals surface area contributed by atoms with Crippen molar-refractivity contribution >= 4 is 11.9 Å². The van der Waals surface area contributed by atoms with E-state index in [1.54, 1.807) is 24.3 Å². The standard InChI is InChI=1S/C17H21NO3/c1-13(19)21-16-10-6-5-9-15(16)17(20)18-12-11-14-7-3-2-4-8-14/h5-7,9-10H,2-4,8,11-12H2,1H3,(H,18,20). The summed E-state index contributed by atoms with van der Waals surface area (Å²) in [5.41, 5.74) is 1.82. The monoisotopic (exact) mass is 287 g/mol. The Labute approximate surface area is 125 Å². The fourth-order valence-electron chi connectivity index (χ4n) is 2.46. The minimum Gasteiger partial charge on any atom is -0.426 e. The molecule has 4 heteroatoms. The van der Waals surface area contributed by atoms with Crippen molar-refractivity contribution in [1.82, 2.24) is 5.32 Å². The number of ether oxygens (including phenoxy) is 1. The van der Waals surface area contributed by atoms with Crippen molar-refractivity contribution < 1.29 is 14.3 Å². The van der Waals surface area contributed by atoms with Crippen molar-refractivity contribution in [2.45, 2.75) is 39.0 Å². The number of allylic oxidation sites excluding steroid dienone is 1. The van der Waals surface area contributed by atoms with E-state index >= 15 is 0 Å². The molecular formula is C17H21NO3. The van der Waals surface area contributed by atoms with Gasteiger partial charge in [0, 0.05) is 13.5 Å². The Morgan fingerprint density at radius 2 is 2.05 bits per heavy atom. The van der Waals surface area contributed by atoms with Crippen LogP contribution in [0.3, 0.4) is 0 Å². The van der Waals surface area contributed by atoms with E-state index < -0.39 is 5.97 Å². The highest BCUT2D eigenvalue weighted by atomic mass is 16.5. The molecule has 0 saturated carbocycles. The maximum absolute atomic E-state index is 12.2. The van der Waals surface area contributed by atoms with Gasteiger partial charge in [-0.15, -0.1) is 0 Å². The van der Waals surface area contributed by atoms with Gasteiger partial charge in [-0.25, -0.2) is 0 Å². The summed E-state index contributed by atoms with van der Waals surface area (Å²) in [7, 11) is 0. The van der Waals surface area contributed by atoms with E-state index in [0.29, 0.717) is 17.9 Å². The predicted octanol–water partition coefficient (Wildman–Crippen LogP) is 3.23. The molecule has 0 radical (unpaired) electrons. The summed E-state index contributed by atoms with van der Waals surface area (Å²) in [5, 5.41) is 2.89. The van der Waals surface area contributed by atoms with Gasteiger partial charge in [0.25, 0.3) is 5.91 Å². The molecule has 1 aromatic rings. The van der Waals surface area contributed by atoms with Crippen LogP contribution in [0.4, 0.5) is 0 Å². The van der Waals surface area contributed by atoms with Crippen molar-refractivity contribution in [2.75, 3.05) is 6.54 Å². The Balaban J connectivity index is 1.91. The van der Waals surface area contributed by atoms with E-state index in [2.05, 4.69) is 11.4 Å². The van der Waals surface area contributed by atoms with Gasteiger partial charge in [0.05, 0.1) is 5.56 Å². The number of rotatable bonds is 5. The molecule has 0 fully saturated rings. The first-order chi connectivity index (χ1) is 10.2. The quantitative estimate of drug-likeness (QED) is 0.514. The molecular weight excluding hydrogens is 266 g/mol. The Morgan fingerprint density at radius 1 is 1.24 bits per heavy atom. The number of hydrogen-bond donors (Lipinski definition) is 1. The van der Waals surface area contributed by atoms with Crippen LogP contribution in [-0.4, -0.2) is 18.4 Å². The van der Waals surface area contributed by atoms with Crippen molar-refractivity contribution in [1.29, 1.82) is 0 Å². The van der Waals surface area contributed by atoms with Gasteiger partial charge >= 0.3 is 5.97 Å². The summed E-state index contributed by atoms with van der Waals surface area (Å²) < 4.78 is 5.05. The molecule has 2 rings (SSSR count). The maximum Gasteiger partial charge on any atom is 0.308 e. The number of carbonyl (C=O) groups excluding carboxylic acids is 2. The molecule has 0 spiro atoms. The first-order valence-corrected chi connectivity index (χ1v) is 7.40. The van der Waals surface area contributed by atoms with Crippen LogP contribution in [0.1, 0.15) is 49.4 Å². The van der Waals surface area contributed by atoms with E-state index in [1.807, 2.05) is 0 Å². The number of amides is 1. The summed E-state index contributed by atoms with van der Waals surface area (Å²) in [6, 6.07) is 6.78. The van der Waals surface area contributed by atoms with Crippen molar-refractivity contribution in [3.05, 3.63) is 41.5 Å². The van der Waals surface area contributed by atoms with E-state index in [4.69, 9.17) is 4.74 Å². The average Bonchev–Trinajstić information content (AvgIpc) is 2.48. The largest absolute Gasteiger partial charge is 0.426 e. The molecule has 21 heavy (non-hydrogen) atoms. The number of hydrogen-bond acceptors (Lipinski definition) is 3. The molecule has 112 valence electrons. The lowest BCUT2D eigenvalue weighted by molar-refractivity contribution is -0.131. The van der Waals surface area contributed by atoms with Crippen LogP contribution in [0.15, 0.2) is 35.9 Å². The number of esters is 1. The van der Waals surface area contributed by atoms with E-state index in [0.717, 1.165) is 19.3 Å². The molecule has 0 saturated heterocycles. The third-order valence-corrected chi connectivity index (χ3v) is 3.50. The lowest BCUT2D eigenvalue weighted by Crippen LogP contribution is -2.25. The molecule has 0 unspecified atom stereocenters. The predicted molar refractivity (Wildman–Crippen MR) is 81.3 cm³/mol. The van der Waals surface area contributed by atoms with E-state index in [-0.39, 0.29) is 5.91 Å². The van der Waals surface area contributed by atoms with E-state index in [9.17, 15) is 9.59 Å². The summed E-state index contributed by atoms with van der Waals surface area (Å²) in [6.45, 7) is 1.93. The Morgan fingerprint density at radius 3 is 2.76 bits per heavy atom. The SMILES string of the molecule is CC(=O)Oc1ccccc1C(=O)NCCC1=CCCCC1. The molecule has 0 heterocycles. The topological polar surface area (TPSA) is 55.4 Å². The third kappa shape index (κ3) is 4.74. The molecule has 0 atom stereocenters. The molecule has 0 aliphatic heterocycles. The molecule has 1 amide bonds.